The van der Waals surface area contributed by atoms with E-state index in [-0.39, 0.29) is 0 Å². The molecule has 4 nitrogen and oxygen atoms in total. The maximum absolute atomic E-state index is 5.91. The molecule has 0 unspecified atom stereocenters. The monoisotopic (exact) mass is 220 g/mol. The molecule has 1 saturated carbocycles. The first kappa shape index (κ1) is 11.3. The molecule has 1 fully saturated rings. The minimum absolute atomic E-state index is 0.392. The van der Waals surface area contributed by atoms with Gasteiger partial charge in [-0.1, -0.05) is 0 Å². The van der Waals surface area contributed by atoms with Gasteiger partial charge in [0.1, 0.15) is 0 Å². The number of aromatic nitrogens is 2. The Morgan fingerprint density at radius 2 is 2.00 bits per heavy atom. The third-order valence-corrected chi connectivity index (χ3v) is 3.39. The fraction of sp³-hybridized carbons (Fsp3) is 0.667. The summed E-state index contributed by atoms with van der Waals surface area (Å²) in [5.41, 5.74) is 6.93. The van der Waals surface area contributed by atoms with Gasteiger partial charge in [-0.2, -0.15) is 0 Å². The standard InChI is InChI=1S/C12H20N4/c1-9-7-8-14-12(15-9)16(2)11-5-3-10(13)4-6-11/h7-8,10-11H,3-6,13H2,1-2H3. The molecule has 0 radical (unpaired) electrons. The summed E-state index contributed by atoms with van der Waals surface area (Å²) in [4.78, 5) is 11.0. The molecule has 0 atom stereocenters. The summed E-state index contributed by atoms with van der Waals surface area (Å²) >= 11 is 0. The molecule has 0 saturated heterocycles. The Bertz CT molecular complexity index is 345. The SMILES string of the molecule is Cc1ccnc(N(C)C2CCC(N)CC2)n1. The summed E-state index contributed by atoms with van der Waals surface area (Å²) in [6.45, 7) is 2.00. The predicted octanol–water partition coefficient (Wildman–Crippen LogP) is 1.49. The van der Waals surface area contributed by atoms with Gasteiger partial charge in [0, 0.05) is 31.0 Å². The third kappa shape index (κ3) is 2.50. The van der Waals surface area contributed by atoms with Gasteiger partial charge in [-0.15, -0.1) is 0 Å². The Hall–Kier alpha value is -1.16. The second-order valence-electron chi connectivity index (χ2n) is 4.68. The number of aryl methyl sites for hydroxylation is 1. The highest BCUT2D eigenvalue weighted by Crippen LogP contribution is 2.23. The molecular formula is C12H20N4. The van der Waals surface area contributed by atoms with Crippen LogP contribution in [0.2, 0.25) is 0 Å². The molecule has 2 N–H and O–H groups in total. The average Bonchev–Trinajstić information content (AvgIpc) is 2.29. The largest absolute Gasteiger partial charge is 0.341 e. The fourth-order valence-electron chi connectivity index (χ4n) is 2.26. The van der Waals surface area contributed by atoms with Gasteiger partial charge >= 0.3 is 0 Å². The van der Waals surface area contributed by atoms with E-state index < -0.39 is 0 Å². The van der Waals surface area contributed by atoms with Crippen LogP contribution in [0.3, 0.4) is 0 Å². The Morgan fingerprint density at radius 3 is 2.62 bits per heavy atom. The Morgan fingerprint density at radius 1 is 1.31 bits per heavy atom. The average molecular weight is 220 g/mol. The van der Waals surface area contributed by atoms with E-state index >= 15 is 0 Å². The molecule has 88 valence electrons. The van der Waals surface area contributed by atoms with Crippen molar-refractivity contribution in [3.63, 3.8) is 0 Å². The van der Waals surface area contributed by atoms with Crippen LogP contribution in [0.25, 0.3) is 0 Å². The summed E-state index contributed by atoms with van der Waals surface area (Å²) in [7, 11) is 2.08. The zero-order valence-electron chi connectivity index (χ0n) is 10.1. The van der Waals surface area contributed by atoms with Gasteiger partial charge in [0.05, 0.1) is 0 Å². The van der Waals surface area contributed by atoms with Crippen molar-refractivity contribution >= 4 is 5.95 Å². The van der Waals surface area contributed by atoms with Gasteiger partial charge in [0.25, 0.3) is 0 Å². The maximum atomic E-state index is 5.91. The fourth-order valence-corrected chi connectivity index (χ4v) is 2.26. The van der Waals surface area contributed by atoms with Crippen LogP contribution in [0, 0.1) is 6.92 Å². The number of nitrogens with two attached hydrogens (primary N) is 1. The molecule has 0 aliphatic heterocycles. The number of rotatable bonds is 2. The third-order valence-electron chi connectivity index (χ3n) is 3.39. The highest BCUT2D eigenvalue weighted by Gasteiger charge is 2.23. The lowest BCUT2D eigenvalue weighted by atomic mass is 9.91. The molecule has 1 aliphatic rings. The van der Waals surface area contributed by atoms with E-state index in [0.717, 1.165) is 37.3 Å². The molecule has 1 heterocycles. The van der Waals surface area contributed by atoms with Crippen molar-refractivity contribution in [3.8, 4) is 0 Å². The van der Waals surface area contributed by atoms with E-state index in [0.29, 0.717) is 12.1 Å². The normalized spacial score (nSPS) is 25.4. The second-order valence-corrected chi connectivity index (χ2v) is 4.68. The molecule has 0 amide bonds. The molecule has 1 aromatic heterocycles. The van der Waals surface area contributed by atoms with Crippen molar-refractivity contribution in [1.82, 2.24) is 9.97 Å². The van der Waals surface area contributed by atoms with Gasteiger partial charge in [-0.05, 0) is 38.7 Å². The minimum Gasteiger partial charge on any atom is -0.341 e. The van der Waals surface area contributed by atoms with E-state index in [4.69, 9.17) is 5.73 Å². The van der Waals surface area contributed by atoms with Crippen molar-refractivity contribution in [2.75, 3.05) is 11.9 Å². The Balaban J connectivity index is 2.04. The lowest BCUT2D eigenvalue weighted by Gasteiger charge is -2.33. The van der Waals surface area contributed by atoms with Crippen LogP contribution >= 0.6 is 0 Å². The summed E-state index contributed by atoms with van der Waals surface area (Å²) < 4.78 is 0. The van der Waals surface area contributed by atoms with E-state index in [1.165, 1.54) is 0 Å². The van der Waals surface area contributed by atoms with Gasteiger partial charge in [0.15, 0.2) is 0 Å². The molecular weight excluding hydrogens is 200 g/mol. The molecule has 0 spiro atoms. The summed E-state index contributed by atoms with van der Waals surface area (Å²) in [6.07, 6.45) is 6.34. The van der Waals surface area contributed by atoms with Gasteiger partial charge in [-0.3, -0.25) is 0 Å². The van der Waals surface area contributed by atoms with Crippen molar-refractivity contribution in [2.24, 2.45) is 5.73 Å². The van der Waals surface area contributed by atoms with Crippen LogP contribution < -0.4 is 10.6 Å². The van der Waals surface area contributed by atoms with Crippen LogP contribution in [0.15, 0.2) is 12.3 Å². The first-order valence-corrected chi connectivity index (χ1v) is 5.95. The van der Waals surface area contributed by atoms with Gasteiger partial charge < -0.3 is 10.6 Å². The van der Waals surface area contributed by atoms with E-state index in [1.807, 2.05) is 19.2 Å². The van der Waals surface area contributed by atoms with Crippen molar-refractivity contribution in [1.29, 1.82) is 0 Å². The van der Waals surface area contributed by atoms with Crippen molar-refractivity contribution < 1.29 is 0 Å². The second kappa shape index (κ2) is 4.78. The van der Waals surface area contributed by atoms with E-state index in [2.05, 4.69) is 21.9 Å². The number of nitrogens with zero attached hydrogens (tertiary/aromatic N) is 3. The molecule has 4 heteroatoms. The minimum atomic E-state index is 0.392. The summed E-state index contributed by atoms with van der Waals surface area (Å²) in [5.74, 6) is 0.834. The first-order chi connectivity index (χ1) is 7.66. The van der Waals surface area contributed by atoms with Crippen LogP contribution in [-0.2, 0) is 0 Å². The summed E-state index contributed by atoms with van der Waals surface area (Å²) in [5, 5.41) is 0. The van der Waals surface area contributed by atoms with Crippen LogP contribution in [0.4, 0.5) is 5.95 Å². The van der Waals surface area contributed by atoms with Gasteiger partial charge in [0.2, 0.25) is 5.95 Å². The first-order valence-electron chi connectivity index (χ1n) is 5.95. The molecule has 2 rings (SSSR count). The van der Waals surface area contributed by atoms with Crippen LogP contribution in [0.1, 0.15) is 31.4 Å². The molecule has 1 aliphatic carbocycles. The molecule has 0 bridgehead atoms. The van der Waals surface area contributed by atoms with Gasteiger partial charge in [-0.25, -0.2) is 9.97 Å². The highest BCUT2D eigenvalue weighted by molar-refractivity contribution is 5.30. The lowest BCUT2D eigenvalue weighted by molar-refractivity contribution is 0.382. The highest BCUT2D eigenvalue weighted by atomic mass is 15.2. The van der Waals surface area contributed by atoms with Crippen LogP contribution in [0.5, 0.6) is 0 Å². The van der Waals surface area contributed by atoms with E-state index in [9.17, 15) is 0 Å². The quantitative estimate of drug-likeness (QED) is 0.820. The smallest absolute Gasteiger partial charge is 0.225 e. The Kier molecular flexibility index (Phi) is 3.39. The molecule has 0 aromatic carbocycles. The molecule has 1 aromatic rings. The topological polar surface area (TPSA) is 55.0 Å². The van der Waals surface area contributed by atoms with Crippen molar-refractivity contribution in [3.05, 3.63) is 18.0 Å². The summed E-state index contributed by atoms with van der Waals surface area (Å²) in [6, 6.07) is 2.86. The number of anilines is 1. The zero-order chi connectivity index (χ0) is 11.5. The van der Waals surface area contributed by atoms with E-state index in [1.54, 1.807) is 0 Å². The number of hydrogen-bond acceptors (Lipinski definition) is 4. The zero-order valence-corrected chi connectivity index (χ0v) is 10.1. The predicted molar refractivity (Wildman–Crippen MR) is 65.4 cm³/mol. The number of hydrogen-bond donors (Lipinski definition) is 1. The lowest BCUT2D eigenvalue weighted by Crippen LogP contribution is -2.39. The maximum Gasteiger partial charge on any atom is 0.225 e. The van der Waals surface area contributed by atoms with Crippen molar-refractivity contribution in [2.45, 2.75) is 44.7 Å². The Labute approximate surface area is 96.9 Å². The molecule has 16 heavy (non-hydrogen) atoms. The van der Waals surface area contributed by atoms with Crippen LogP contribution in [-0.4, -0.2) is 29.1 Å².